The van der Waals surface area contributed by atoms with Crippen LogP contribution in [-0.2, 0) is 16.2 Å². The number of rotatable bonds is 6. The lowest BCUT2D eigenvalue weighted by atomic mass is 10.1. The molecule has 0 aliphatic carbocycles. The molecule has 1 saturated heterocycles. The number of ether oxygens (including phenoxy) is 1. The molecule has 0 spiro atoms. The third-order valence-corrected chi connectivity index (χ3v) is 4.97. The number of aliphatic carboxylic acids is 1. The highest BCUT2D eigenvalue weighted by molar-refractivity contribution is 9.10. The molecule has 1 aliphatic heterocycles. The molecule has 0 radical (unpaired) electrons. The Morgan fingerprint density at radius 1 is 1.33 bits per heavy atom. The van der Waals surface area contributed by atoms with Gasteiger partial charge in [0.1, 0.15) is 18.8 Å². The van der Waals surface area contributed by atoms with Crippen LogP contribution in [0, 0.1) is 11.3 Å². The number of carboxylic acid groups (broad SMARTS) is 1. The summed E-state index contributed by atoms with van der Waals surface area (Å²) in [6.07, 6.45) is 1.38. The van der Waals surface area contributed by atoms with Crippen molar-refractivity contribution in [2.24, 2.45) is 0 Å². The second-order valence-corrected chi connectivity index (χ2v) is 7.41. The second kappa shape index (κ2) is 8.98. The number of hydrogen-bond donors (Lipinski definition) is 2. The summed E-state index contributed by atoms with van der Waals surface area (Å²) >= 11 is 9.68. The zero-order valence-corrected chi connectivity index (χ0v) is 17.5. The Balaban J connectivity index is 1.80. The highest BCUT2D eigenvalue weighted by Gasteiger charge is 2.34. The van der Waals surface area contributed by atoms with Gasteiger partial charge in [0.2, 0.25) is 0 Å². The monoisotopic (exact) mass is 489 g/mol. The van der Waals surface area contributed by atoms with Gasteiger partial charge in [-0.3, -0.25) is 9.59 Å². The van der Waals surface area contributed by atoms with Gasteiger partial charge in [0.25, 0.3) is 5.91 Å². The lowest BCUT2D eigenvalue weighted by Crippen LogP contribution is -2.35. The molecule has 0 atom stereocenters. The first-order chi connectivity index (χ1) is 14.3. The summed E-state index contributed by atoms with van der Waals surface area (Å²) in [7, 11) is 0. The van der Waals surface area contributed by atoms with Crippen molar-refractivity contribution in [2.75, 3.05) is 6.54 Å². The Bertz CT molecular complexity index is 1100. The smallest absolute Gasteiger partial charge is 0.329 e. The highest BCUT2D eigenvalue weighted by atomic mass is 79.9. The van der Waals surface area contributed by atoms with Crippen LogP contribution in [-0.4, -0.2) is 34.5 Å². The van der Waals surface area contributed by atoms with Crippen molar-refractivity contribution in [1.82, 2.24) is 10.2 Å². The Morgan fingerprint density at radius 3 is 2.73 bits per heavy atom. The van der Waals surface area contributed by atoms with Crippen molar-refractivity contribution < 1.29 is 24.2 Å². The van der Waals surface area contributed by atoms with Crippen molar-refractivity contribution in [1.29, 1.82) is 5.26 Å². The first-order valence-electron chi connectivity index (χ1n) is 8.46. The van der Waals surface area contributed by atoms with Gasteiger partial charge in [-0.25, -0.2) is 9.69 Å². The fourth-order valence-electron chi connectivity index (χ4n) is 2.72. The molecular weight excluding hydrogens is 478 g/mol. The maximum atomic E-state index is 12.2. The van der Waals surface area contributed by atoms with Crippen LogP contribution < -0.4 is 10.1 Å². The Labute approximate surface area is 184 Å². The summed E-state index contributed by atoms with van der Waals surface area (Å²) in [6.45, 7) is -0.607. The van der Waals surface area contributed by atoms with E-state index in [2.05, 4.69) is 27.3 Å². The molecule has 152 valence electrons. The van der Waals surface area contributed by atoms with Gasteiger partial charge in [-0.2, -0.15) is 5.26 Å². The number of nitrogens with zero attached hydrogens (tertiary/aromatic N) is 2. The van der Waals surface area contributed by atoms with E-state index in [4.69, 9.17) is 26.7 Å². The molecule has 0 aromatic heterocycles. The normalized spacial score (nSPS) is 14.6. The number of hydrogen-bond acceptors (Lipinski definition) is 5. The summed E-state index contributed by atoms with van der Waals surface area (Å²) < 4.78 is 6.26. The average Bonchev–Trinajstić information content (AvgIpc) is 2.94. The Hall–Kier alpha value is -3.35. The van der Waals surface area contributed by atoms with E-state index in [-0.39, 0.29) is 17.3 Å². The molecule has 0 saturated carbocycles. The van der Waals surface area contributed by atoms with E-state index in [9.17, 15) is 14.4 Å². The van der Waals surface area contributed by atoms with Crippen molar-refractivity contribution in [3.8, 4) is 11.8 Å². The fourth-order valence-corrected chi connectivity index (χ4v) is 3.71. The molecule has 8 nitrogen and oxygen atoms in total. The molecule has 1 heterocycles. The van der Waals surface area contributed by atoms with Crippen LogP contribution in [0.3, 0.4) is 0 Å². The van der Waals surface area contributed by atoms with Crippen molar-refractivity contribution in [3.05, 3.63) is 68.3 Å². The number of benzene rings is 2. The number of carboxylic acids is 1. The molecule has 30 heavy (non-hydrogen) atoms. The topological polar surface area (TPSA) is 120 Å². The Kier molecular flexibility index (Phi) is 6.40. The zero-order valence-electron chi connectivity index (χ0n) is 15.2. The third kappa shape index (κ3) is 4.62. The first kappa shape index (κ1) is 21.4. The van der Waals surface area contributed by atoms with Crippen LogP contribution >= 0.6 is 27.5 Å². The number of nitrogens with one attached hydrogen (secondary N) is 1. The minimum Gasteiger partial charge on any atom is -0.486 e. The van der Waals surface area contributed by atoms with E-state index >= 15 is 0 Å². The van der Waals surface area contributed by atoms with Gasteiger partial charge in [0, 0.05) is 5.56 Å². The predicted molar refractivity (Wildman–Crippen MR) is 110 cm³/mol. The van der Waals surface area contributed by atoms with E-state index in [1.54, 1.807) is 30.3 Å². The molecule has 0 bridgehead atoms. The molecule has 1 aliphatic rings. The molecule has 3 amide bonds. The predicted octanol–water partition coefficient (Wildman–Crippen LogP) is 3.53. The number of nitriles is 1. The van der Waals surface area contributed by atoms with E-state index in [0.29, 0.717) is 31.8 Å². The van der Waals surface area contributed by atoms with Gasteiger partial charge < -0.3 is 15.2 Å². The van der Waals surface area contributed by atoms with E-state index in [1.165, 1.54) is 12.1 Å². The summed E-state index contributed by atoms with van der Waals surface area (Å²) in [5.41, 5.74) is 1.61. The van der Waals surface area contributed by atoms with Crippen molar-refractivity contribution in [2.45, 2.75) is 6.61 Å². The van der Waals surface area contributed by atoms with Gasteiger partial charge in [-0.05, 0) is 45.8 Å². The number of urea groups is 1. The van der Waals surface area contributed by atoms with Crippen LogP contribution in [0.1, 0.15) is 16.7 Å². The van der Waals surface area contributed by atoms with Crippen molar-refractivity contribution >= 4 is 51.5 Å². The average molecular weight is 491 g/mol. The molecule has 0 unspecified atom stereocenters. The van der Waals surface area contributed by atoms with Gasteiger partial charge in [-0.15, -0.1) is 0 Å². The first-order valence-corrected chi connectivity index (χ1v) is 9.63. The quantitative estimate of drug-likeness (QED) is 0.472. The standard InChI is InChI=1S/C20H13BrClN3O5/c21-14-5-11(7-16-19(28)25(9-17(26)27)20(29)24-16)6-15(22)18(14)30-10-13-4-2-1-3-12(13)8-23/h1-7H,9-10H2,(H,24,29)(H,26,27)/b16-7+. The maximum Gasteiger partial charge on any atom is 0.329 e. The van der Waals surface area contributed by atoms with Crippen LogP contribution in [0.5, 0.6) is 5.75 Å². The molecule has 10 heteroatoms. The van der Waals surface area contributed by atoms with Gasteiger partial charge in [-0.1, -0.05) is 29.8 Å². The van der Waals surface area contributed by atoms with Crippen LogP contribution in [0.2, 0.25) is 5.02 Å². The van der Waals surface area contributed by atoms with Crippen LogP contribution in [0.15, 0.2) is 46.6 Å². The number of carbonyl (C=O) groups is 3. The van der Waals surface area contributed by atoms with E-state index < -0.39 is 24.5 Å². The fraction of sp³-hybridized carbons (Fsp3) is 0.100. The lowest BCUT2D eigenvalue weighted by Gasteiger charge is -2.12. The summed E-state index contributed by atoms with van der Waals surface area (Å²) in [6, 6.07) is 11.5. The summed E-state index contributed by atoms with van der Waals surface area (Å²) in [5, 5.41) is 20.5. The Morgan fingerprint density at radius 2 is 2.07 bits per heavy atom. The lowest BCUT2D eigenvalue weighted by molar-refractivity contribution is -0.140. The van der Waals surface area contributed by atoms with Crippen LogP contribution in [0.25, 0.3) is 6.08 Å². The number of amides is 3. The maximum absolute atomic E-state index is 12.2. The van der Waals surface area contributed by atoms with Crippen molar-refractivity contribution in [3.63, 3.8) is 0 Å². The minimum absolute atomic E-state index is 0.0687. The largest absolute Gasteiger partial charge is 0.486 e. The highest BCUT2D eigenvalue weighted by Crippen LogP contribution is 2.36. The molecule has 1 fully saturated rings. The second-order valence-electron chi connectivity index (χ2n) is 6.14. The van der Waals surface area contributed by atoms with E-state index in [1.807, 2.05) is 0 Å². The summed E-state index contributed by atoms with van der Waals surface area (Å²) in [4.78, 5) is 35.4. The molecule has 2 N–H and O–H groups in total. The zero-order chi connectivity index (χ0) is 21.8. The third-order valence-electron chi connectivity index (χ3n) is 4.10. The summed E-state index contributed by atoms with van der Waals surface area (Å²) in [5.74, 6) is -1.70. The molecule has 2 aromatic rings. The van der Waals surface area contributed by atoms with Gasteiger partial charge in [0.15, 0.2) is 5.75 Å². The van der Waals surface area contributed by atoms with Gasteiger partial charge in [0.05, 0.1) is 21.1 Å². The minimum atomic E-state index is -1.30. The number of imide groups is 1. The number of halogens is 2. The van der Waals surface area contributed by atoms with E-state index in [0.717, 1.165) is 0 Å². The van der Waals surface area contributed by atoms with Crippen LogP contribution in [0.4, 0.5) is 4.79 Å². The SMILES string of the molecule is N#Cc1ccccc1COc1c(Cl)cc(/C=C2/NC(=O)N(CC(=O)O)C2=O)cc1Br. The number of carbonyl (C=O) groups excluding carboxylic acids is 2. The molecule has 2 aromatic carbocycles. The molecule has 3 rings (SSSR count). The van der Waals surface area contributed by atoms with Gasteiger partial charge >= 0.3 is 12.0 Å². The molecular formula is C20H13BrClN3O5.